The van der Waals surface area contributed by atoms with Crippen molar-refractivity contribution in [3.63, 3.8) is 0 Å². The van der Waals surface area contributed by atoms with Crippen LogP contribution < -0.4 is 13.8 Å². The molecule has 0 saturated carbocycles. The van der Waals surface area contributed by atoms with Crippen molar-refractivity contribution in [3.8, 4) is 5.75 Å². The molecule has 0 atom stereocenters. The van der Waals surface area contributed by atoms with E-state index in [1.54, 1.807) is 23.6 Å². The highest BCUT2D eigenvalue weighted by molar-refractivity contribution is 7.92. The van der Waals surface area contributed by atoms with Gasteiger partial charge in [-0.2, -0.15) is 4.99 Å². The van der Waals surface area contributed by atoms with Gasteiger partial charge in [0.25, 0.3) is 15.9 Å². The molecule has 1 aliphatic rings. The Balaban J connectivity index is 1.48. The SMILES string of the molecule is CCOC(=O)Cn1c(=NC(=O)c2ccc(S(=O)(=O)N3CCc4ccccc43)cc2)sc2cccc(OC)c21. The first-order chi connectivity index (χ1) is 18.3. The fourth-order valence-corrected chi connectivity index (χ4v) is 6.98. The van der Waals surface area contributed by atoms with Crippen LogP contribution in [0.1, 0.15) is 22.8 Å². The van der Waals surface area contributed by atoms with Crippen molar-refractivity contribution in [1.82, 2.24) is 4.57 Å². The van der Waals surface area contributed by atoms with Crippen molar-refractivity contribution in [2.45, 2.75) is 24.8 Å². The van der Waals surface area contributed by atoms with Crippen LogP contribution in [-0.4, -0.2) is 45.1 Å². The molecule has 1 aliphatic heterocycles. The summed E-state index contributed by atoms with van der Waals surface area (Å²) in [6.07, 6.45) is 0.649. The number of carbonyl (C=O) groups is 2. The highest BCUT2D eigenvalue weighted by Gasteiger charge is 2.30. The molecule has 38 heavy (non-hydrogen) atoms. The van der Waals surface area contributed by atoms with Gasteiger partial charge in [0.1, 0.15) is 17.8 Å². The van der Waals surface area contributed by atoms with Gasteiger partial charge in [-0.1, -0.05) is 35.6 Å². The van der Waals surface area contributed by atoms with Crippen LogP contribution in [0.3, 0.4) is 0 Å². The topological polar surface area (TPSA) is 107 Å². The molecule has 0 bridgehead atoms. The number of esters is 1. The summed E-state index contributed by atoms with van der Waals surface area (Å²) >= 11 is 1.24. The molecule has 1 amide bonds. The predicted molar refractivity (Wildman–Crippen MR) is 144 cm³/mol. The minimum atomic E-state index is -3.78. The molecule has 0 radical (unpaired) electrons. The molecule has 0 unspecified atom stereocenters. The molecule has 0 fully saturated rings. The minimum Gasteiger partial charge on any atom is -0.495 e. The summed E-state index contributed by atoms with van der Waals surface area (Å²) in [7, 11) is -2.25. The van der Waals surface area contributed by atoms with E-state index < -0.39 is 21.9 Å². The third-order valence-electron chi connectivity index (χ3n) is 6.21. The van der Waals surface area contributed by atoms with Crippen molar-refractivity contribution in [3.05, 3.63) is 82.7 Å². The minimum absolute atomic E-state index is 0.0923. The lowest BCUT2D eigenvalue weighted by Gasteiger charge is -2.19. The monoisotopic (exact) mass is 551 g/mol. The maximum atomic E-state index is 13.3. The number of anilines is 1. The Kier molecular flexibility index (Phi) is 7.04. The molecule has 0 spiro atoms. The van der Waals surface area contributed by atoms with Gasteiger partial charge in [-0.3, -0.25) is 13.9 Å². The normalized spacial score (nSPS) is 13.5. The molecule has 4 aromatic rings. The molecular formula is C27H25N3O6S2. The van der Waals surface area contributed by atoms with E-state index in [9.17, 15) is 18.0 Å². The average molecular weight is 552 g/mol. The number of sulfonamides is 1. The van der Waals surface area contributed by atoms with Crippen molar-refractivity contribution >= 4 is 49.1 Å². The summed E-state index contributed by atoms with van der Waals surface area (Å²) < 4.78 is 40.9. The second kappa shape index (κ2) is 10.4. The number of ether oxygens (including phenoxy) is 2. The summed E-state index contributed by atoms with van der Waals surface area (Å²) in [4.78, 5) is 30.1. The van der Waals surface area contributed by atoms with Gasteiger partial charge in [0.2, 0.25) is 0 Å². The lowest BCUT2D eigenvalue weighted by atomic mass is 10.2. The maximum absolute atomic E-state index is 13.3. The zero-order chi connectivity index (χ0) is 26.9. The van der Waals surface area contributed by atoms with Crippen LogP contribution in [0.15, 0.2) is 76.6 Å². The van der Waals surface area contributed by atoms with Crippen LogP contribution in [0, 0.1) is 0 Å². The highest BCUT2D eigenvalue weighted by atomic mass is 32.2. The summed E-state index contributed by atoms with van der Waals surface area (Å²) in [5, 5.41) is 0. The number of amides is 1. The number of benzene rings is 3. The van der Waals surface area contributed by atoms with E-state index in [1.807, 2.05) is 30.3 Å². The van der Waals surface area contributed by atoms with Crippen molar-refractivity contribution < 1.29 is 27.5 Å². The van der Waals surface area contributed by atoms with Gasteiger partial charge in [0.05, 0.1) is 29.0 Å². The third-order valence-corrected chi connectivity index (χ3v) is 9.08. The number of thiazole rings is 1. The summed E-state index contributed by atoms with van der Waals surface area (Å²) in [6, 6.07) is 18.6. The molecule has 0 aliphatic carbocycles. The number of carbonyl (C=O) groups excluding carboxylic acids is 2. The number of hydrogen-bond acceptors (Lipinski definition) is 7. The Morgan fingerprint density at radius 2 is 1.79 bits per heavy atom. The predicted octanol–water partition coefficient (Wildman–Crippen LogP) is 3.77. The summed E-state index contributed by atoms with van der Waals surface area (Å²) in [5.74, 6) is -0.497. The van der Waals surface area contributed by atoms with E-state index in [2.05, 4.69) is 4.99 Å². The molecule has 1 aromatic heterocycles. The Morgan fingerprint density at radius 3 is 2.53 bits per heavy atom. The van der Waals surface area contributed by atoms with E-state index in [1.165, 1.54) is 47.0 Å². The number of aromatic nitrogens is 1. The summed E-state index contributed by atoms with van der Waals surface area (Å²) in [6.45, 7) is 2.17. The molecule has 5 rings (SSSR count). The van der Waals surface area contributed by atoms with E-state index >= 15 is 0 Å². The van der Waals surface area contributed by atoms with E-state index in [0.29, 0.717) is 34.7 Å². The first kappa shape index (κ1) is 25.7. The van der Waals surface area contributed by atoms with Crippen LogP contribution in [0.2, 0.25) is 0 Å². The molecule has 0 saturated heterocycles. The Labute approximate surface area is 223 Å². The van der Waals surface area contributed by atoms with Crippen molar-refractivity contribution in [2.24, 2.45) is 4.99 Å². The van der Waals surface area contributed by atoms with Crippen molar-refractivity contribution in [2.75, 3.05) is 24.6 Å². The van der Waals surface area contributed by atoms with Gasteiger partial charge in [-0.25, -0.2) is 8.42 Å². The first-order valence-corrected chi connectivity index (χ1v) is 14.2. The quantitative estimate of drug-likeness (QED) is 0.324. The standard InChI is InChI=1S/C27H25N3O6S2/c1-3-36-24(31)17-29-25-22(35-2)9-6-10-23(25)37-27(29)28-26(32)19-11-13-20(14-12-19)38(33,34)30-16-15-18-7-4-5-8-21(18)30/h4-14H,3,15-17H2,1-2H3. The van der Waals surface area contributed by atoms with Crippen molar-refractivity contribution in [1.29, 1.82) is 0 Å². The molecule has 2 heterocycles. The number of para-hydroxylation sites is 2. The van der Waals surface area contributed by atoms with Gasteiger partial charge in [0.15, 0.2) is 4.80 Å². The Bertz CT molecular complexity index is 1700. The van der Waals surface area contributed by atoms with Gasteiger partial charge in [-0.05, 0) is 61.4 Å². The second-order valence-corrected chi connectivity index (χ2v) is 11.4. The van der Waals surface area contributed by atoms with Gasteiger partial charge >= 0.3 is 5.97 Å². The Morgan fingerprint density at radius 1 is 1.03 bits per heavy atom. The zero-order valence-electron chi connectivity index (χ0n) is 20.8. The number of fused-ring (bicyclic) bond motifs is 2. The van der Waals surface area contributed by atoms with E-state index in [-0.39, 0.29) is 23.6 Å². The zero-order valence-corrected chi connectivity index (χ0v) is 22.4. The smallest absolute Gasteiger partial charge is 0.326 e. The second-order valence-electron chi connectivity index (χ2n) is 8.48. The molecular weight excluding hydrogens is 526 g/mol. The maximum Gasteiger partial charge on any atom is 0.326 e. The number of methoxy groups -OCH3 is 1. The van der Waals surface area contributed by atoms with Gasteiger partial charge < -0.3 is 14.0 Å². The number of rotatable bonds is 7. The van der Waals surface area contributed by atoms with Crippen LogP contribution in [0.5, 0.6) is 5.75 Å². The van der Waals surface area contributed by atoms with Gasteiger partial charge in [-0.15, -0.1) is 0 Å². The van der Waals surface area contributed by atoms with E-state index in [0.717, 1.165) is 10.3 Å². The number of nitrogens with zero attached hydrogens (tertiary/aromatic N) is 3. The van der Waals surface area contributed by atoms with Crippen LogP contribution in [0.4, 0.5) is 5.69 Å². The largest absolute Gasteiger partial charge is 0.495 e. The molecule has 9 nitrogen and oxygen atoms in total. The molecule has 3 aromatic carbocycles. The molecule has 0 N–H and O–H groups in total. The fraction of sp³-hybridized carbons (Fsp3) is 0.222. The van der Waals surface area contributed by atoms with E-state index in [4.69, 9.17) is 9.47 Å². The highest BCUT2D eigenvalue weighted by Crippen LogP contribution is 2.33. The lowest BCUT2D eigenvalue weighted by molar-refractivity contribution is -0.143. The van der Waals surface area contributed by atoms with Crippen LogP contribution in [0.25, 0.3) is 10.2 Å². The van der Waals surface area contributed by atoms with Gasteiger partial charge in [0, 0.05) is 12.1 Å². The lowest BCUT2D eigenvalue weighted by Crippen LogP contribution is -2.29. The van der Waals surface area contributed by atoms with Crippen LogP contribution >= 0.6 is 11.3 Å². The summed E-state index contributed by atoms with van der Waals surface area (Å²) in [5.41, 5.74) is 2.51. The third kappa shape index (κ3) is 4.70. The van der Waals surface area contributed by atoms with Crippen LogP contribution in [-0.2, 0) is 32.5 Å². The first-order valence-electron chi connectivity index (χ1n) is 11.9. The molecule has 11 heteroatoms. The average Bonchev–Trinajstić information content (AvgIpc) is 3.51. The Hall–Kier alpha value is -3.96. The number of hydrogen-bond donors (Lipinski definition) is 0. The fourth-order valence-electron chi connectivity index (χ4n) is 4.44. The molecule has 196 valence electrons.